The van der Waals surface area contributed by atoms with E-state index in [9.17, 15) is 26.0 Å². The highest BCUT2D eigenvalue weighted by Gasteiger charge is 2.20. The van der Waals surface area contributed by atoms with Gasteiger partial charge in [-0.15, -0.1) is 10.2 Å². The van der Waals surface area contributed by atoms with Gasteiger partial charge in [-0.25, -0.2) is 31.9 Å². The summed E-state index contributed by atoms with van der Waals surface area (Å²) in [6.45, 7) is -0.101. The van der Waals surface area contributed by atoms with Crippen LogP contribution in [0, 0.1) is 11.6 Å². The molecule has 13 heteroatoms. The molecule has 0 fully saturated rings. The van der Waals surface area contributed by atoms with Crippen LogP contribution in [-0.4, -0.2) is 41.4 Å². The molecule has 0 aliphatic rings. The molecule has 1 aromatic carbocycles. The summed E-state index contributed by atoms with van der Waals surface area (Å²) < 4.78 is 82.0. The van der Waals surface area contributed by atoms with Crippen LogP contribution in [0.25, 0.3) is 11.5 Å². The Hall–Kier alpha value is -2.93. The fourth-order valence-corrected chi connectivity index (χ4v) is 3.06. The number of sulfonamides is 1. The van der Waals surface area contributed by atoms with Gasteiger partial charge in [0.25, 0.3) is 11.8 Å². The number of rotatable bonds is 8. The minimum absolute atomic E-state index is 0.0833. The molecule has 8 nitrogen and oxygen atoms in total. The molecular weight excluding hydrogens is 430 g/mol. The molecule has 1 unspecified atom stereocenters. The van der Waals surface area contributed by atoms with Crippen LogP contribution < -0.4 is 4.72 Å². The third kappa shape index (κ3) is 5.57. The van der Waals surface area contributed by atoms with Gasteiger partial charge in [-0.05, 0) is 17.7 Å². The molecule has 1 atom stereocenters. The number of nitrogens with one attached hydrogen (secondary N) is 1. The topological polar surface area (TPSA) is 111 Å². The van der Waals surface area contributed by atoms with E-state index in [2.05, 4.69) is 24.9 Å². The fraction of sp³-hybridized carbons (Fsp3) is 0.294. The summed E-state index contributed by atoms with van der Waals surface area (Å²) in [4.78, 5) is 8.17. The minimum Gasteiger partial charge on any atom is -0.415 e. The second-order valence-corrected chi connectivity index (χ2v) is 8.16. The fourth-order valence-electron chi connectivity index (χ4n) is 2.56. The predicted octanol–water partition coefficient (Wildman–Crippen LogP) is 2.62. The van der Waals surface area contributed by atoms with E-state index in [0.29, 0.717) is 5.56 Å². The summed E-state index contributed by atoms with van der Waals surface area (Å²) in [6, 6.07) is 3.26. The average molecular weight is 445 g/mol. The highest BCUT2D eigenvalue weighted by molar-refractivity contribution is 7.88. The maximum atomic E-state index is 13.6. The van der Waals surface area contributed by atoms with Crippen molar-refractivity contribution in [2.45, 2.75) is 18.8 Å². The van der Waals surface area contributed by atoms with Gasteiger partial charge in [0.15, 0.2) is 11.6 Å². The van der Waals surface area contributed by atoms with Gasteiger partial charge < -0.3 is 4.42 Å². The van der Waals surface area contributed by atoms with Crippen LogP contribution >= 0.6 is 0 Å². The Kier molecular flexibility index (Phi) is 6.41. The molecule has 2 aromatic heterocycles. The Morgan fingerprint density at radius 3 is 2.37 bits per heavy atom. The van der Waals surface area contributed by atoms with Gasteiger partial charge >= 0.3 is 6.43 Å². The smallest absolute Gasteiger partial charge is 0.314 e. The van der Waals surface area contributed by atoms with E-state index in [0.717, 1.165) is 18.4 Å². The van der Waals surface area contributed by atoms with Crippen LogP contribution in [0.3, 0.4) is 0 Å². The largest absolute Gasteiger partial charge is 0.415 e. The van der Waals surface area contributed by atoms with E-state index < -0.39 is 39.9 Å². The van der Waals surface area contributed by atoms with Crippen molar-refractivity contribution >= 4 is 10.0 Å². The van der Waals surface area contributed by atoms with Gasteiger partial charge in [-0.3, -0.25) is 0 Å². The molecule has 30 heavy (non-hydrogen) atoms. The molecule has 0 aliphatic carbocycles. The van der Waals surface area contributed by atoms with Crippen molar-refractivity contribution in [2.75, 3.05) is 12.8 Å². The van der Waals surface area contributed by atoms with E-state index >= 15 is 0 Å². The number of halogens is 4. The second kappa shape index (κ2) is 8.83. The molecule has 0 saturated heterocycles. The van der Waals surface area contributed by atoms with Gasteiger partial charge in [0.05, 0.1) is 11.8 Å². The molecule has 0 saturated carbocycles. The first-order valence-electron chi connectivity index (χ1n) is 8.45. The summed E-state index contributed by atoms with van der Waals surface area (Å²) in [6.07, 6.45) is 0.693. The number of aromatic nitrogens is 4. The van der Waals surface area contributed by atoms with E-state index in [-0.39, 0.29) is 30.2 Å². The number of nitrogens with zero attached hydrogens (tertiary/aromatic N) is 4. The zero-order chi connectivity index (χ0) is 21.9. The van der Waals surface area contributed by atoms with Crippen molar-refractivity contribution in [1.82, 2.24) is 24.9 Å². The van der Waals surface area contributed by atoms with Crippen molar-refractivity contribution < 1.29 is 30.4 Å². The quantitative estimate of drug-likeness (QED) is 0.531. The Morgan fingerprint density at radius 1 is 1.10 bits per heavy atom. The average Bonchev–Trinajstić information content (AvgIpc) is 3.18. The summed E-state index contributed by atoms with van der Waals surface area (Å²) in [5, 5.41) is 6.70. The number of alkyl halides is 2. The van der Waals surface area contributed by atoms with Gasteiger partial charge in [-0.2, -0.15) is 8.78 Å². The van der Waals surface area contributed by atoms with Crippen molar-refractivity contribution in [3.05, 3.63) is 59.5 Å². The molecule has 1 N–H and O–H groups in total. The molecule has 3 aromatic rings. The first-order valence-corrected chi connectivity index (χ1v) is 10.3. The molecule has 160 valence electrons. The van der Waals surface area contributed by atoms with Crippen molar-refractivity contribution in [3.63, 3.8) is 0 Å². The monoisotopic (exact) mass is 445 g/mol. The van der Waals surface area contributed by atoms with Crippen LogP contribution in [0.2, 0.25) is 0 Å². The lowest BCUT2D eigenvalue weighted by atomic mass is 9.95. The lowest BCUT2D eigenvalue weighted by molar-refractivity contribution is 0.116. The van der Waals surface area contributed by atoms with Crippen molar-refractivity contribution in [2.24, 2.45) is 0 Å². The van der Waals surface area contributed by atoms with Crippen molar-refractivity contribution in [1.29, 1.82) is 0 Å². The van der Waals surface area contributed by atoms with E-state index in [1.807, 2.05) is 0 Å². The Morgan fingerprint density at radius 2 is 1.80 bits per heavy atom. The van der Waals surface area contributed by atoms with Gasteiger partial charge in [0, 0.05) is 31.3 Å². The van der Waals surface area contributed by atoms with Crippen LogP contribution in [0.15, 0.2) is 35.0 Å². The highest BCUT2D eigenvalue weighted by Crippen LogP contribution is 2.24. The van der Waals surface area contributed by atoms with Gasteiger partial charge in [0.1, 0.15) is 5.82 Å². The molecule has 0 bridgehead atoms. The standard InChI is InChI=1S/C17H15F4N5O3S/c1-30(27,28)24-8-10(9-2-3-12(18)13(19)4-9)5-14-22-6-11(7-23-14)16-25-26-17(29-16)15(20)21/h2-4,6-7,10,15,24H,5,8H2,1H3. The number of benzene rings is 1. The van der Waals surface area contributed by atoms with E-state index in [1.54, 1.807) is 0 Å². The van der Waals surface area contributed by atoms with Crippen LogP contribution in [0.5, 0.6) is 0 Å². The zero-order valence-corrected chi connectivity index (χ0v) is 16.2. The first-order chi connectivity index (χ1) is 14.1. The van der Waals surface area contributed by atoms with E-state index in [1.165, 1.54) is 18.5 Å². The van der Waals surface area contributed by atoms with Gasteiger partial charge in [-0.1, -0.05) is 6.07 Å². The molecule has 0 spiro atoms. The van der Waals surface area contributed by atoms with Crippen LogP contribution in [0.4, 0.5) is 17.6 Å². The summed E-state index contributed by atoms with van der Waals surface area (Å²) in [5.41, 5.74) is 0.549. The molecule has 0 amide bonds. The van der Waals surface area contributed by atoms with E-state index in [4.69, 9.17) is 4.42 Å². The molecule has 0 aliphatic heterocycles. The second-order valence-electron chi connectivity index (χ2n) is 6.33. The van der Waals surface area contributed by atoms with Crippen molar-refractivity contribution in [3.8, 4) is 11.5 Å². The maximum absolute atomic E-state index is 13.6. The lowest BCUT2D eigenvalue weighted by Crippen LogP contribution is -2.28. The molecule has 2 heterocycles. The number of hydrogen-bond donors (Lipinski definition) is 1. The SMILES string of the molecule is CS(=O)(=O)NCC(Cc1ncc(-c2nnc(C(F)F)o2)cn1)c1ccc(F)c(F)c1. The van der Waals surface area contributed by atoms with Crippen LogP contribution in [0.1, 0.15) is 29.6 Å². The summed E-state index contributed by atoms with van der Waals surface area (Å²) in [7, 11) is -3.53. The maximum Gasteiger partial charge on any atom is 0.314 e. The lowest BCUT2D eigenvalue weighted by Gasteiger charge is -2.17. The molecule has 0 radical (unpaired) electrons. The molecular formula is C17H15F4N5O3S. The summed E-state index contributed by atoms with van der Waals surface area (Å²) >= 11 is 0. The Bertz CT molecular complexity index is 1120. The Balaban J connectivity index is 1.81. The third-order valence-corrected chi connectivity index (χ3v) is 4.71. The highest BCUT2D eigenvalue weighted by atomic mass is 32.2. The van der Waals surface area contributed by atoms with Crippen LogP contribution in [-0.2, 0) is 16.4 Å². The zero-order valence-electron chi connectivity index (χ0n) is 15.4. The number of hydrogen-bond acceptors (Lipinski definition) is 7. The normalized spacial score (nSPS) is 13.0. The van der Waals surface area contributed by atoms with Gasteiger partial charge in [0.2, 0.25) is 10.0 Å². The first kappa shape index (κ1) is 21.8. The molecule has 3 rings (SSSR count). The predicted molar refractivity (Wildman–Crippen MR) is 95.9 cm³/mol. The summed E-state index contributed by atoms with van der Waals surface area (Å²) in [5.74, 6) is -3.48. The third-order valence-electron chi connectivity index (χ3n) is 4.02. The minimum atomic E-state index is -3.53. The Labute approximate surface area is 168 Å².